The zero-order valence-corrected chi connectivity index (χ0v) is 14.1. The Hall–Kier alpha value is -2.18. The topological polar surface area (TPSA) is 75.3 Å². The minimum Gasteiger partial charge on any atom is -0.324 e. The molecule has 1 amide bonds. The summed E-state index contributed by atoms with van der Waals surface area (Å²) in [5.74, 6) is -0.401. The molecule has 0 aliphatic heterocycles. The minimum atomic E-state index is -3.73. The van der Waals surface area contributed by atoms with Crippen molar-refractivity contribution in [2.75, 3.05) is 5.32 Å². The number of benzene rings is 2. The van der Waals surface area contributed by atoms with Gasteiger partial charge in [0.15, 0.2) is 0 Å². The largest absolute Gasteiger partial charge is 0.324 e. The van der Waals surface area contributed by atoms with E-state index >= 15 is 0 Å². The molecule has 1 atom stereocenters. The lowest BCUT2D eigenvalue weighted by Gasteiger charge is -2.17. The molecular weight excluding hydrogens is 312 g/mol. The van der Waals surface area contributed by atoms with E-state index in [1.165, 1.54) is 19.1 Å². The van der Waals surface area contributed by atoms with Crippen LogP contribution in [0.3, 0.4) is 0 Å². The minimum absolute atomic E-state index is 0.131. The van der Waals surface area contributed by atoms with Crippen molar-refractivity contribution in [2.24, 2.45) is 0 Å². The number of hydrogen-bond acceptors (Lipinski definition) is 3. The van der Waals surface area contributed by atoms with Crippen LogP contribution in [0.15, 0.2) is 53.4 Å². The van der Waals surface area contributed by atoms with Gasteiger partial charge in [0.05, 0.1) is 10.9 Å². The Morgan fingerprint density at radius 2 is 1.52 bits per heavy atom. The molecule has 0 saturated heterocycles. The molecule has 0 bridgehead atoms. The molecule has 2 aromatic rings. The van der Waals surface area contributed by atoms with Crippen molar-refractivity contribution >= 4 is 21.6 Å². The highest BCUT2D eigenvalue weighted by molar-refractivity contribution is 7.89. The van der Waals surface area contributed by atoms with Crippen LogP contribution in [-0.4, -0.2) is 20.4 Å². The van der Waals surface area contributed by atoms with Crippen molar-refractivity contribution in [1.29, 1.82) is 0 Å². The molecule has 0 fully saturated rings. The van der Waals surface area contributed by atoms with Crippen molar-refractivity contribution in [3.05, 3.63) is 59.7 Å². The molecule has 0 spiro atoms. The number of carbonyl (C=O) groups is 1. The van der Waals surface area contributed by atoms with Crippen molar-refractivity contribution in [1.82, 2.24) is 4.72 Å². The summed E-state index contributed by atoms with van der Waals surface area (Å²) in [5.41, 5.74) is 2.57. The van der Waals surface area contributed by atoms with Gasteiger partial charge in [-0.2, -0.15) is 4.72 Å². The highest BCUT2D eigenvalue weighted by Gasteiger charge is 2.22. The van der Waals surface area contributed by atoms with Gasteiger partial charge >= 0.3 is 0 Å². The van der Waals surface area contributed by atoms with Crippen molar-refractivity contribution in [3.63, 3.8) is 0 Å². The quantitative estimate of drug-likeness (QED) is 0.884. The Morgan fingerprint density at radius 1 is 0.957 bits per heavy atom. The van der Waals surface area contributed by atoms with Gasteiger partial charge in [-0.3, -0.25) is 4.79 Å². The first kappa shape index (κ1) is 17.2. The van der Waals surface area contributed by atoms with Gasteiger partial charge in [0, 0.05) is 5.69 Å². The van der Waals surface area contributed by atoms with Crippen LogP contribution in [0.2, 0.25) is 0 Å². The summed E-state index contributed by atoms with van der Waals surface area (Å²) in [5, 5.41) is 2.79. The summed E-state index contributed by atoms with van der Waals surface area (Å²) in [7, 11) is -3.73. The van der Waals surface area contributed by atoms with E-state index in [9.17, 15) is 13.2 Å². The van der Waals surface area contributed by atoms with Gasteiger partial charge in [0.25, 0.3) is 0 Å². The van der Waals surface area contributed by atoms with E-state index in [1.54, 1.807) is 18.2 Å². The van der Waals surface area contributed by atoms with Crippen LogP contribution in [0.1, 0.15) is 18.1 Å². The van der Waals surface area contributed by atoms with Crippen molar-refractivity contribution in [2.45, 2.75) is 31.7 Å². The highest BCUT2D eigenvalue weighted by Crippen LogP contribution is 2.19. The monoisotopic (exact) mass is 332 g/mol. The number of aryl methyl sites for hydroxylation is 2. The Kier molecular flexibility index (Phi) is 5.18. The number of sulfonamides is 1. The molecule has 0 aliphatic rings. The van der Waals surface area contributed by atoms with E-state index in [2.05, 4.69) is 10.0 Å². The maximum atomic E-state index is 12.3. The Bertz CT molecular complexity index is 782. The number of nitrogens with one attached hydrogen (secondary N) is 2. The molecule has 0 saturated carbocycles. The molecule has 23 heavy (non-hydrogen) atoms. The van der Waals surface area contributed by atoms with Crippen LogP contribution >= 0.6 is 0 Å². The van der Waals surface area contributed by atoms with Crippen molar-refractivity contribution < 1.29 is 13.2 Å². The first-order valence-electron chi connectivity index (χ1n) is 7.26. The fourth-order valence-corrected chi connectivity index (χ4v) is 3.42. The summed E-state index contributed by atoms with van der Waals surface area (Å²) in [6, 6.07) is 12.8. The summed E-state index contributed by atoms with van der Waals surface area (Å²) in [6.45, 7) is 5.30. The van der Waals surface area contributed by atoms with Gasteiger partial charge in [0.2, 0.25) is 15.9 Å². The van der Waals surface area contributed by atoms with E-state index in [0.717, 1.165) is 11.1 Å². The molecule has 0 unspecified atom stereocenters. The van der Waals surface area contributed by atoms with Gasteiger partial charge in [0.1, 0.15) is 0 Å². The average Bonchev–Trinajstić information content (AvgIpc) is 2.51. The van der Waals surface area contributed by atoms with Crippen LogP contribution in [0, 0.1) is 13.8 Å². The second-order valence-electron chi connectivity index (χ2n) is 5.41. The predicted molar refractivity (Wildman–Crippen MR) is 90.8 cm³/mol. The number of carbonyl (C=O) groups excluding carboxylic acids is 1. The number of amides is 1. The Balaban J connectivity index is 2.12. The number of hydrogen-bond donors (Lipinski definition) is 2. The molecule has 0 radical (unpaired) electrons. The normalized spacial score (nSPS) is 12.7. The molecule has 2 rings (SSSR count). The Morgan fingerprint density at radius 3 is 2.09 bits per heavy atom. The third-order valence-corrected chi connectivity index (χ3v) is 5.06. The van der Waals surface area contributed by atoms with E-state index in [4.69, 9.17) is 0 Å². The lowest BCUT2D eigenvalue weighted by molar-refractivity contribution is -0.117. The van der Waals surface area contributed by atoms with Gasteiger partial charge < -0.3 is 5.32 Å². The molecule has 5 nitrogen and oxygen atoms in total. The van der Waals surface area contributed by atoms with Crippen LogP contribution < -0.4 is 10.0 Å². The SMILES string of the molecule is Cc1cccc(C)c1NC(=O)[C@@H](C)NS(=O)(=O)c1ccccc1. The number of rotatable bonds is 5. The zero-order chi connectivity index (χ0) is 17.0. The summed E-state index contributed by atoms with van der Waals surface area (Å²) >= 11 is 0. The zero-order valence-electron chi connectivity index (χ0n) is 13.3. The fourth-order valence-electron chi connectivity index (χ4n) is 2.20. The summed E-state index contributed by atoms with van der Waals surface area (Å²) in [6.07, 6.45) is 0. The third-order valence-electron chi connectivity index (χ3n) is 3.51. The van der Waals surface area contributed by atoms with E-state index in [1.807, 2.05) is 32.0 Å². The first-order valence-corrected chi connectivity index (χ1v) is 8.74. The highest BCUT2D eigenvalue weighted by atomic mass is 32.2. The second kappa shape index (κ2) is 6.93. The molecule has 6 heteroatoms. The number of anilines is 1. The standard InChI is InChI=1S/C17H20N2O3S/c1-12-8-7-9-13(2)16(12)18-17(20)14(3)19-23(21,22)15-10-5-4-6-11-15/h4-11,14,19H,1-3H3,(H,18,20)/t14-/m1/s1. The molecule has 0 heterocycles. The van der Waals surface area contributed by atoms with Crippen LogP contribution in [0.5, 0.6) is 0 Å². The molecule has 0 aromatic heterocycles. The lowest BCUT2D eigenvalue weighted by Crippen LogP contribution is -2.41. The molecule has 0 aliphatic carbocycles. The molecule has 2 N–H and O–H groups in total. The average molecular weight is 332 g/mol. The van der Waals surface area contributed by atoms with Crippen LogP contribution in [0.25, 0.3) is 0 Å². The van der Waals surface area contributed by atoms with Crippen molar-refractivity contribution in [3.8, 4) is 0 Å². The molecule has 122 valence electrons. The molecular formula is C17H20N2O3S. The van der Waals surface area contributed by atoms with Gasteiger partial charge in [-0.25, -0.2) is 8.42 Å². The van der Waals surface area contributed by atoms with Crippen LogP contribution in [0.4, 0.5) is 5.69 Å². The maximum absolute atomic E-state index is 12.3. The summed E-state index contributed by atoms with van der Waals surface area (Å²) < 4.78 is 26.9. The first-order chi connectivity index (χ1) is 10.8. The van der Waals surface area contributed by atoms with Gasteiger partial charge in [-0.15, -0.1) is 0 Å². The van der Waals surface area contributed by atoms with E-state index < -0.39 is 22.0 Å². The van der Waals surface area contributed by atoms with E-state index in [-0.39, 0.29) is 4.90 Å². The van der Waals surface area contributed by atoms with Gasteiger partial charge in [-0.05, 0) is 44.0 Å². The van der Waals surface area contributed by atoms with Crippen LogP contribution in [-0.2, 0) is 14.8 Å². The lowest BCUT2D eigenvalue weighted by atomic mass is 10.1. The summed E-state index contributed by atoms with van der Waals surface area (Å²) in [4.78, 5) is 12.4. The number of para-hydroxylation sites is 1. The third kappa shape index (κ3) is 4.18. The van der Waals surface area contributed by atoms with E-state index in [0.29, 0.717) is 5.69 Å². The fraction of sp³-hybridized carbons (Fsp3) is 0.235. The second-order valence-corrected chi connectivity index (χ2v) is 7.13. The molecule has 2 aromatic carbocycles. The maximum Gasteiger partial charge on any atom is 0.242 e. The smallest absolute Gasteiger partial charge is 0.242 e. The Labute approximate surface area is 136 Å². The van der Waals surface area contributed by atoms with Gasteiger partial charge in [-0.1, -0.05) is 36.4 Å². The predicted octanol–water partition coefficient (Wildman–Crippen LogP) is 2.61.